The van der Waals surface area contributed by atoms with Crippen LogP contribution in [0.15, 0.2) is 0 Å². The van der Waals surface area contributed by atoms with Crippen molar-refractivity contribution in [1.82, 2.24) is 5.32 Å². The molecule has 0 heterocycles. The molecule has 0 aliphatic heterocycles. The third kappa shape index (κ3) is 45.5. The number of carboxylic acids is 1. The summed E-state index contributed by atoms with van der Waals surface area (Å²) in [6.07, 6.45) is 41.3. The number of carbonyl (C=O) groups excluding carboxylic acids is 1. The molecule has 4 N–H and O–H groups in total. The van der Waals surface area contributed by atoms with Crippen LogP contribution in [0.2, 0.25) is 0 Å². The molecule has 5 heteroatoms. The highest BCUT2D eigenvalue weighted by Gasteiger charge is 2.00. The van der Waals surface area contributed by atoms with Crippen LogP contribution in [0, 0.1) is 0 Å². The molecule has 1 amide bonds. The van der Waals surface area contributed by atoms with Gasteiger partial charge in [-0.15, -0.1) is 0 Å². The summed E-state index contributed by atoms with van der Waals surface area (Å²) in [7, 11) is 0. The highest BCUT2D eigenvalue weighted by molar-refractivity contribution is 5.75. The summed E-state index contributed by atoms with van der Waals surface area (Å²) >= 11 is 0. The van der Waals surface area contributed by atoms with Crippen LogP contribution in [-0.2, 0) is 9.59 Å². The van der Waals surface area contributed by atoms with Gasteiger partial charge in [0.05, 0.1) is 0 Å². The first-order chi connectivity index (χ1) is 21.1. The van der Waals surface area contributed by atoms with E-state index in [2.05, 4.69) is 19.2 Å². The third-order valence-corrected chi connectivity index (χ3v) is 8.47. The fourth-order valence-corrected chi connectivity index (χ4v) is 5.60. The second kappa shape index (κ2) is 40.9. The molecule has 0 rings (SSSR count). The molecule has 0 aliphatic rings. The summed E-state index contributed by atoms with van der Waals surface area (Å²) in [6.45, 7) is 5.69. The largest absolute Gasteiger partial charge is 0.481 e. The molecule has 0 aliphatic carbocycles. The fourth-order valence-electron chi connectivity index (χ4n) is 5.60. The molecule has 0 aromatic rings. The minimum Gasteiger partial charge on any atom is -0.481 e. The van der Waals surface area contributed by atoms with E-state index in [4.69, 9.17) is 10.8 Å². The summed E-state index contributed by atoms with van der Waals surface area (Å²) in [6, 6.07) is 0. The second-order valence-corrected chi connectivity index (χ2v) is 12.9. The Balaban J connectivity index is 0. The molecule has 0 atom stereocenters. The van der Waals surface area contributed by atoms with E-state index < -0.39 is 5.97 Å². The van der Waals surface area contributed by atoms with E-state index in [1.807, 2.05) is 0 Å². The Labute approximate surface area is 269 Å². The Kier molecular flexibility index (Phi) is 41.9. The van der Waals surface area contributed by atoms with Gasteiger partial charge in [0.2, 0.25) is 5.91 Å². The van der Waals surface area contributed by atoms with Crippen molar-refractivity contribution in [1.29, 1.82) is 0 Å². The van der Waals surface area contributed by atoms with Crippen LogP contribution in [0.25, 0.3) is 0 Å². The molecule has 0 bridgehead atoms. The lowest BCUT2D eigenvalue weighted by Crippen LogP contribution is -2.28. The van der Waals surface area contributed by atoms with Gasteiger partial charge in [-0.1, -0.05) is 194 Å². The number of aliphatic carboxylic acids is 1. The third-order valence-electron chi connectivity index (χ3n) is 8.47. The Bertz CT molecular complexity index is 541. The first kappa shape index (κ1) is 44.0. The molecule has 43 heavy (non-hydrogen) atoms. The smallest absolute Gasteiger partial charge is 0.303 e. The Hall–Kier alpha value is -1.10. The van der Waals surface area contributed by atoms with Gasteiger partial charge in [0.15, 0.2) is 0 Å². The van der Waals surface area contributed by atoms with Crippen LogP contribution >= 0.6 is 0 Å². The van der Waals surface area contributed by atoms with Crippen molar-refractivity contribution in [3.63, 3.8) is 0 Å². The summed E-state index contributed by atoms with van der Waals surface area (Å²) < 4.78 is 0. The van der Waals surface area contributed by atoms with Gasteiger partial charge in [0, 0.05) is 25.9 Å². The van der Waals surface area contributed by atoms with Crippen molar-refractivity contribution < 1.29 is 14.7 Å². The van der Waals surface area contributed by atoms with Crippen molar-refractivity contribution in [2.24, 2.45) is 5.73 Å². The minimum atomic E-state index is -0.653. The molecule has 0 aromatic heterocycles. The SMILES string of the molecule is CCCCCCCCCCCCCCCCCC(=O)NCCN.CCCCCCCCCCCCCCCCCC(=O)O. The Morgan fingerprint density at radius 1 is 0.442 bits per heavy atom. The molecule has 0 radical (unpaired) electrons. The van der Waals surface area contributed by atoms with E-state index in [0.29, 0.717) is 25.9 Å². The zero-order valence-corrected chi connectivity index (χ0v) is 29.4. The Morgan fingerprint density at radius 3 is 0.953 bits per heavy atom. The van der Waals surface area contributed by atoms with E-state index in [0.717, 1.165) is 19.3 Å². The quantitative estimate of drug-likeness (QED) is 0.0632. The number of rotatable bonds is 34. The predicted octanol–water partition coefficient (Wildman–Crippen LogP) is 11.7. The molecule has 258 valence electrons. The molecule has 5 nitrogen and oxygen atoms in total. The number of hydrogen-bond acceptors (Lipinski definition) is 3. The number of hydrogen-bond donors (Lipinski definition) is 3. The molecule has 0 aromatic carbocycles. The number of carboxylic acid groups (broad SMARTS) is 1. The lowest BCUT2D eigenvalue weighted by molar-refractivity contribution is -0.137. The number of nitrogens with two attached hydrogens (primary N) is 1. The minimum absolute atomic E-state index is 0.158. The van der Waals surface area contributed by atoms with Gasteiger partial charge in [0.25, 0.3) is 0 Å². The van der Waals surface area contributed by atoms with Crippen LogP contribution in [-0.4, -0.2) is 30.1 Å². The highest BCUT2D eigenvalue weighted by Crippen LogP contribution is 2.15. The first-order valence-electron chi connectivity index (χ1n) is 19.3. The zero-order chi connectivity index (χ0) is 31.9. The van der Waals surface area contributed by atoms with Crippen LogP contribution in [0.4, 0.5) is 0 Å². The number of amides is 1. The van der Waals surface area contributed by atoms with E-state index >= 15 is 0 Å². The van der Waals surface area contributed by atoms with Crippen molar-refractivity contribution in [2.75, 3.05) is 13.1 Å². The monoisotopic (exact) mass is 611 g/mol. The second-order valence-electron chi connectivity index (χ2n) is 12.9. The van der Waals surface area contributed by atoms with Crippen LogP contribution in [0.5, 0.6) is 0 Å². The van der Waals surface area contributed by atoms with Gasteiger partial charge in [0.1, 0.15) is 0 Å². The first-order valence-corrected chi connectivity index (χ1v) is 19.3. The number of nitrogens with one attached hydrogen (secondary N) is 1. The zero-order valence-electron chi connectivity index (χ0n) is 29.4. The molecule has 0 fully saturated rings. The van der Waals surface area contributed by atoms with Crippen molar-refractivity contribution in [3.05, 3.63) is 0 Å². The lowest BCUT2D eigenvalue weighted by atomic mass is 10.0. The standard InChI is InChI=1S/C20H42N2O.C18H36O2/c1-2-3-4-5-6-7-8-9-10-11-12-13-14-15-16-17-20(23)22-19-18-21;1-2-3-4-5-6-7-8-9-10-11-12-13-14-15-16-17-18(19)20/h2-19,21H2,1H3,(H,22,23);2-17H2,1H3,(H,19,20). The maximum atomic E-state index is 11.4. The van der Waals surface area contributed by atoms with Gasteiger partial charge in [-0.05, 0) is 12.8 Å². The summed E-state index contributed by atoms with van der Waals surface area (Å²) in [5.74, 6) is -0.496. The number of unbranched alkanes of at least 4 members (excludes halogenated alkanes) is 28. The van der Waals surface area contributed by atoms with Gasteiger partial charge < -0.3 is 16.2 Å². The molecule has 0 saturated carbocycles. The van der Waals surface area contributed by atoms with Gasteiger partial charge in [-0.2, -0.15) is 0 Å². The van der Waals surface area contributed by atoms with Crippen molar-refractivity contribution >= 4 is 11.9 Å². The van der Waals surface area contributed by atoms with Gasteiger partial charge in [-0.25, -0.2) is 0 Å². The number of carbonyl (C=O) groups is 2. The van der Waals surface area contributed by atoms with Gasteiger partial charge >= 0.3 is 5.97 Å². The van der Waals surface area contributed by atoms with Crippen LogP contribution < -0.4 is 11.1 Å². The van der Waals surface area contributed by atoms with E-state index in [1.54, 1.807) is 0 Å². The molecule has 0 unspecified atom stereocenters. The summed E-state index contributed by atoms with van der Waals surface area (Å²) in [5, 5.41) is 11.3. The van der Waals surface area contributed by atoms with Gasteiger partial charge in [-0.3, -0.25) is 9.59 Å². The Morgan fingerprint density at radius 2 is 0.698 bits per heavy atom. The topological polar surface area (TPSA) is 92.4 Å². The molecule has 0 saturated heterocycles. The normalized spacial score (nSPS) is 10.9. The maximum Gasteiger partial charge on any atom is 0.303 e. The summed E-state index contributed by atoms with van der Waals surface area (Å²) in [5.41, 5.74) is 5.35. The van der Waals surface area contributed by atoms with E-state index in [9.17, 15) is 9.59 Å². The molecule has 0 spiro atoms. The molecular formula is C38H78N2O3. The fraction of sp³-hybridized carbons (Fsp3) is 0.947. The van der Waals surface area contributed by atoms with E-state index in [1.165, 1.54) is 173 Å². The predicted molar refractivity (Wildman–Crippen MR) is 189 cm³/mol. The summed E-state index contributed by atoms with van der Waals surface area (Å²) in [4.78, 5) is 21.7. The lowest BCUT2D eigenvalue weighted by Gasteiger charge is -2.04. The average Bonchev–Trinajstić information content (AvgIpc) is 3.00. The average molecular weight is 611 g/mol. The van der Waals surface area contributed by atoms with Crippen molar-refractivity contribution in [2.45, 2.75) is 219 Å². The van der Waals surface area contributed by atoms with Crippen LogP contribution in [0.3, 0.4) is 0 Å². The molecular weight excluding hydrogens is 532 g/mol. The van der Waals surface area contributed by atoms with Crippen LogP contribution in [0.1, 0.15) is 219 Å². The highest BCUT2D eigenvalue weighted by atomic mass is 16.4. The van der Waals surface area contributed by atoms with E-state index in [-0.39, 0.29) is 5.91 Å². The van der Waals surface area contributed by atoms with Crippen molar-refractivity contribution in [3.8, 4) is 0 Å². The maximum absolute atomic E-state index is 11.4.